The lowest BCUT2D eigenvalue weighted by Crippen LogP contribution is -2.31. The monoisotopic (exact) mass is 278 g/mol. The van der Waals surface area contributed by atoms with Gasteiger partial charge in [0.05, 0.1) is 30.5 Å². The number of ether oxygens (including phenoxy) is 1. The predicted molar refractivity (Wildman–Crippen MR) is 75.4 cm³/mol. The van der Waals surface area contributed by atoms with Crippen molar-refractivity contribution in [1.82, 2.24) is 15.1 Å². The maximum Gasteiger partial charge on any atom is 0.229 e. The molecule has 6 heteroatoms. The Morgan fingerprint density at radius 2 is 2.50 bits per heavy atom. The smallest absolute Gasteiger partial charge is 0.229 e. The van der Waals surface area contributed by atoms with Gasteiger partial charge in [-0.3, -0.25) is 9.48 Å². The van der Waals surface area contributed by atoms with E-state index in [1.54, 1.807) is 6.20 Å². The standard InChI is InChI=1S/C14H22N4O2/c1-10-13(4-5-15-10)14(19)17-11-7-16-18(8-11)9-12-3-2-6-20-12/h7-8,10,12-13,15H,2-6,9H2,1H3,(H,17,19). The zero-order valence-corrected chi connectivity index (χ0v) is 11.8. The van der Waals surface area contributed by atoms with Crippen molar-refractivity contribution in [3.63, 3.8) is 0 Å². The van der Waals surface area contributed by atoms with Crippen molar-refractivity contribution in [2.24, 2.45) is 5.92 Å². The molecule has 0 radical (unpaired) electrons. The summed E-state index contributed by atoms with van der Waals surface area (Å²) in [5.41, 5.74) is 0.770. The molecule has 0 saturated carbocycles. The molecule has 2 fully saturated rings. The Balaban J connectivity index is 1.55. The molecule has 0 bridgehead atoms. The molecule has 20 heavy (non-hydrogen) atoms. The van der Waals surface area contributed by atoms with Crippen LogP contribution in [-0.4, -0.2) is 41.0 Å². The fourth-order valence-electron chi connectivity index (χ4n) is 2.98. The SMILES string of the molecule is CC1NCCC1C(=O)Nc1cnn(CC2CCCO2)c1. The van der Waals surface area contributed by atoms with Crippen LogP contribution in [0.3, 0.4) is 0 Å². The highest BCUT2D eigenvalue weighted by atomic mass is 16.5. The number of amides is 1. The fraction of sp³-hybridized carbons (Fsp3) is 0.714. The Morgan fingerprint density at radius 1 is 1.60 bits per heavy atom. The molecule has 1 amide bonds. The van der Waals surface area contributed by atoms with Crippen molar-refractivity contribution in [1.29, 1.82) is 0 Å². The van der Waals surface area contributed by atoms with Crippen LogP contribution in [0.15, 0.2) is 12.4 Å². The van der Waals surface area contributed by atoms with E-state index >= 15 is 0 Å². The van der Waals surface area contributed by atoms with E-state index in [1.807, 2.05) is 10.9 Å². The molecule has 1 aromatic rings. The minimum atomic E-state index is 0.0523. The summed E-state index contributed by atoms with van der Waals surface area (Å²) in [5.74, 6) is 0.135. The molecule has 3 unspecified atom stereocenters. The van der Waals surface area contributed by atoms with Gasteiger partial charge in [-0.2, -0.15) is 5.10 Å². The van der Waals surface area contributed by atoms with E-state index < -0.39 is 0 Å². The summed E-state index contributed by atoms with van der Waals surface area (Å²) in [7, 11) is 0. The number of carbonyl (C=O) groups is 1. The quantitative estimate of drug-likeness (QED) is 0.862. The second-order valence-corrected chi connectivity index (χ2v) is 5.71. The Morgan fingerprint density at radius 3 is 3.20 bits per heavy atom. The maximum atomic E-state index is 12.2. The molecule has 3 rings (SSSR count). The average molecular weight is 278 g/mol. The first-order valence-electron chi connectivity index (χ1n) is 7.40. The van der Waals surface area contributed by atoms with Crippen molar-refractivity contribution >= 4 is 11.6 Å². The Labute approximate surface area is 118 Å². The molecule has 0 aromatic carbocycles. The number of anilines is 1. The van der Waals surface area contributed by atoms with Gasteiger partial charge in [-0.25, -0.2) is 0 Å². The van der Waals surface area contributed by atoms with Crippen LogP contribution in [0.2, 0.25) is 0 Å². The molecule has 2 aliphatic heterocycles. The first kappa shape index (κ1) is 13.6. The highest BCUT2D eigenvalue weighted by Gasteiger charge is 2.29. The normalized spacial score (nSPS) is 29.8. The van der Waals surface area contributed by atoms with Crippen LogP contribution in [0.5, 0.6) is 0 Å². The van der Waals surface area contributed by atoms with E-state index in [4.69, 9.17) is 4.74 Å². The predicted octanol–water partition coefficient (Wildman–Crippen LogP) is 0.999. The van der Waals surface area contributed by atoms with Gasteiger partial charge in [0.25, 0.3) is 0 Å². The largest absolute Gasteiger partial charge is 0.376 e. The molecule has 110 valence electrons. The number of nitrogens with one attached hydrogen (secondary N) is 2. The highest BCUT2D eigenvalue weighted by molar-refractivity contribution is 5.92. The lowest BCUT2D eigenvalue weighted by Gasteiger charge is -2.13. The second-order valence-electron chi connectivity index (χ2n) is 5.71. The van der Waals surface area contributed by atoms with Crippen LogP contribution in [0.1, 0.15) is 26.2 Å². The van der Waals surface area contributed by atoms with Crippen molar-refractivity contribution in [2.45, 2.75) is 44.9 Å². The molecular weight excluding hydrogens is 256 g/mol. The number of rotatable bonds is 4. The van der Waals surface area contributed by atoms with Crippen molar-refractivity contribution in [3.05, 3.63) is 12.4 Å². The van der Waals surface area contributed by atoms with Gasteiger partial charge < -0.3 is 15.4 Å². The Kier molecular flexibility index (Phi) is 4.03. The van der Waals surface area contributed by atoms with Gasteiger partial charge in [0.2, 0.25) is 5.91 Å². The van der Waals surface area contributed by atoms with Crippen LogP contribution >= 0.6 is 0 Å². The van der Waals surface area contributed by atoms with Crippen molar-refractivity contribution in [3.8, 4) is 0 Å². The third kappa shape index (κ3) is 3.02. The first-order valence-corrected chi connectivity index (χ1v) is 7.40. The number of hydrogen-bond donors (Lipinski definition) is 2. The van der Waals surface area contributed by atoms with Crippen molar-refractivity contribution < 1.29 is 9.53 Å². The lowest BCUT2D eigenvalue weighted by atomic mass is 10.0. The summed E-state index contributed by atoms with van der Waals surface area (Å²) in [6, 6.07) is 0.247. The number of aromatic nitrogens is 2. The number of carbonyl (C=O) groups excluding carboxylic acids is 1. The minimum absolute atomic E-state index is 0.0523. The van der Waals surface area contributed by atoms with Gasteiger partial charge >= 0.3 is 0 Å². The first-order chi connectivity index (χ1) is 9.72. The minimum Gasteiger partial charge on any atom is -0.376 e. The van der Waals surface area contributed by atoms with Gasteiger partial charge in [0, 0.05) is 18.8 Å². The number of hydrogen-bond acceptors (Lipinski definition) is 4. The van der Waals surface area contributed by atoms with E-state index in [-0.39, 0.29) is 24.0 Å². The second kappa shape index (κ2) is 5.93. The topological polar surface area (TPSA) is 68.2 Å². The fourth-order valence-corrected chi connectivity index (χ4v) is 2.98. The molecule has 6 nitrogen and oxygen atoms in total. The van der Waals surface area contributed by atoms with Gasteiger partial charge in [0.1, 0.15) is 0 Å². The van der Waals surface area contributed by atoms with Crippen LogP contribution in [0.25, 0.3) is 0 Å². The van der Waals surface area contributed by atoms with Crippen LogP contribution in [0.4, 0.5) is 5.69 Å². The van der Waals surface area contributed by atoms with Crippen LogP contribution in [-0.2, 0) is 16.1 Å². The summed E-state index contributed by atoms with van der Waals surface area (Å²) in [4.78, 5) is 12.2. The van der Waals surface area contributed by atoms with E-state index in [9.17, 15) is 4.79 Å². The Bertz CT molecular complexity index is 467. The van der Waals surface area contributed by atoms with E-state index in [0.29, 0.717) is 0 Å². The van der Waals surface area contributed by atoms with E-state index in [2.05, 4.69) is 22.7 Å². The van der Waals surface area contributed by atoms with Crippen LogP contribution < -0.4 is 10.6 Å². The molecule has 3 atom stereocenters. The van der Waals surface area contributed by atoms with Gasteiger partial charge in [-0.15, -0.1) is 0 Å². The van der Waals surface area contributed by atoms with Gasteiger partial charge in [-0.05, 0) is 32.7 Å². The van der Waals surface area contributed by atoms with Crippen molar-refractivity contribution in [2.75, 3.05) is 18.5 Å². The Hall–Kier alpha value is -1.40. The third-order valence-corrected chi connectivity index (χ3v) is 4.18. The number of nitrogens with zero attached hydrogens (tertiary/aromatic N) is 2. The van der Waals surface area contributed by atoms with E-state index in [1.165, 1.54) is 0 Å². The van der Waals surface area contributed by atoms with Crippen LogP contribution in [0, 0.1) is 5.92 Å². The molecule has 2 saturated heterocycles. The molecule has 2 aliphatic rings. The van der Waals surface area contributed by atoms with E-state index in [0.717, 1.165) is 44.6 Å². The van der Waals surface area contributed by atoms with Gasteiger partial charge in [-0.1, -0.05) is 0 Å². The van der Waals surface area contributed by atoms with Gasteiger partial charge in [0.15, 0.2) is 0 Å². The molecule has 3 heterocycles. The average Bonchev–Trinajstić information content (AvgIpc) is 3.12. The molecule has 0 aliphatic carbocycles. The zero-order chi connectivity index (χ0) is 13.9. The summed E-state index contributed by atoms with van der Waals surface area (Å²) >= 11 is 0. The summed E-state index contributed by atoms with van der Waals surface area (Å²) < 4.78 is 7.44. The maximum absolute atomic E-state index is 12.2. The summed E-state index contributed by atoms with van der Waals surface area (Å²) in [6.45, 7) is 4.58. The molecular formula is C14H22N4O2. The highest BCUT2D eigenvalue weighted by Crippen LogP contribution is 2.18. The summed E-state index contributed by atoms with van der Waals surface area (Å²) in [6.07, 6.45) is 6.97. The lowest BCUT2D eigenvalue weighted by molar-refractivity contribution is -0.120. The third-order valence-electron chi connectivity index (χ3n) is 4.18. The molecule has 2 N–H and O–H groups in total. The molecule has 0 spiro atoms. The summed E-state index contributed by atoms with van der Waals surface area (Å²) in [5, 5.41) is 10.5. The zero-order valence-electron chi connectivity index (χ0n) is 11.8. The molecule has 1 aromatic heterocycles.